The maximum Gasteiger partial charge on any atom is 0.260 e. The lowest BCUT2D eigenvalue weighted by Gasteiger charge is -2.28. The number of ether oxygens (including phenoxy) is 1. The Labute approximate surface area is 164 Å². The molecular weight excluding hydrogens is 358 g/mol. The van der Waals surface area contributed by atoms with Crippen molar-refractivity contribution in [3.63, 3.8) is 0 Å². The summed E-state index contributed by atoms with van der Waals surface area (Å²) in [5, 5.41) is 7.40. The van der Waals surface area contributed by atoms with Crippen LogP contribution < -0.4 is 10.1 Å². The van der Waals surface area contributed by atoms with E-state index in [0.717, 1.165) is 11.3 Å². The van der Waals surface area contributed by atoms with Gasteiger partial charge in [0.25, 0.3) is 5.91 Å². The van der Waals surface area contributed by atoms with Gasteiger partial charge in [0.15, 0.2) is 12.4 Å². The van der Waals surface area contributed by atoms with Crippen molar-refractivity contribution in [1.29, 1.82) is 0 Å². The average Bonchev–Trinajstić information content (AvgIpc) is 3.14. The Bertz CT molecular complexity index is 897. The summed E-state index contributed by atoms with van der Waals surface area (Å²) in [5.74, 6) is 1.12. The molecule has 2 heterocycles. The van der Waals surface area contributed by atoms with Crippen LogP contribution in [0.15, 0.2) is 41.9 Å². The number of ketones is 1. The van der Waals surface area contributed by atoms with Crippen molar-refractivity contribution >= 4 is 17.6 Å². The summed E-state index contributed by atoms with van der Waals surface area (Å²) >= 11 is 0. The van der Waals surface area contributed by atoms with Gasteiger partial charge in [-0.25, -0.2) is 4.68 Å². The maximum atomic E-state index is 12.3. The number of nitrogens with one attached hydrogen (secondary N) is 1. The summed E-state index contributed by atoms with van der Waals surface area (Å²) in [5.41, 5.74) is 2.30. The molecule has 3 rings (SSSR count). The minimum atomic E-state index is -0.359. The van der Waals surface area contributed by atoms with E-state index in [0.29, 0.717) is 30.4 Å². The highest BCUT2D eigenvalue weighted by molar-refractivity contribution is 5.96. The number of allylic oxidation sites excluding steroid dienone is 2. The van der Waals surface area contributed by atoms with Gasteiger partial charge >= 0.3 is 0 Å². The van der Waals surface area contributed by atoms with Gasteiger partial charge in [0, 0.05) is 24.4 Å². The number of carbonyl (C=O) groups excluding carboxylic acids is 2. The van der Waals surface area contributed by atoms with E-state index in [2.05, 4.69) is 15.4 Å². The van der Waals surface area contributed by atoms with E-state index >= 15 is 0 Å². The molecule has 0 spiro atoms. The number of nitrogens with zero attached hydrogens (tertiary/aromatic N) is 4. The normalized spacial score (nSPS) is 15.6. The van der Waals surface area contributed by atoms with Crippen LogP contribution in [-0.4, -0.2) is 51.1 Å². The Morgan fingerprint density at radius 1 is 1.21 bits per heavy atom. The molecule has 1 aromatic carbocycles. The van der Waals surface area contributed by atoms with Crippen LogP contribution in [0.3, 0.4) is 0 Å². The van der Waals surface area contributed by atoms with Crippen LogP contribution >= 0.6 is 0 Å². The lowest BCUT2D eigenvalue weighted by molar-refractivity contribution is -0.133. The van der Waals surface area contributed by atoms with Gasteiger partial charge < -0.3 is 15.0 Å². The van der Waals surface area contributed by atoms with Gasteiger partial charge in [-0.1, -0.05) is 12.1 Å². The van der Waals surface area contributed by atoms with Crippen molar-refractivity contribution in [2.75, 3.05) is 25.0 Å². The molecule has 0 fully saturated rings. The molecule has 0 bridgehead atoms. The fourth-order valence-corrected chi connectivity index (χ4v) is 3.41. The molecule has 0 saturated carbocycles. The smallest absolute Gasteiger partial charge is 0.260 e. The van der Waals surface area contributed by atoms with E-state index in [1.807, 2.05) is 32.9 Å². The molecule has 0 aliphatic carbocycles. The predicted octanol–water partition coefficient (Wildman–Crippen LogP) is 2.40. The number of anilines is 1. The summed E-state index contributed by atoms with van der Waals surface area (Å²) in [6.07, 6.45) is 1.46. The molecule has 1 unspecified atom stereocenters. The number of hydrogen-bond acceptors (Lipinski definition) is 6. The summed E-state index contributed by atoms with van der Waals surface area (Å²) in [4.78, 5) is 30.3. The SMILES string of the molecule is CCN(CC)C(=O)COc1ccc(C2C(C(C)=O)=C(C)Nc3ncnn32)cc1. The van der Waals surface area contributed by atoms with Gasteiger partial charge in [-0.3, -0.25) is 9.59 Å². The number of aromatic nitrogens is 3. The Balaban J connectivity index is 1.81. The zero-order valence-corrected chi connectivity index (χ0v) is 16.6. The van der Waals surface area contributed by atoms with E-state index < -0.39 is 0 Å². The highest BCUT2D eigenvalue weighted by atomic mass is 16.5. The molecule has 0 radical (unpaired) electrons. The first-order chi connectivity index (χ1) is 13.5. The Kier molecular flexibility index (Phi) is 5.77. The van der Waals surface area contributed by atoms with E-state index in [-0.39, 0.29) is 24.3 Å². The lowest BCUT2D eigenvalue weighted by Crippen LogP contribution is -2.34. The number of hydrogen-bond donors (Lipinski definition) is 1. The van der Waals surface area contributed by atoms with Gasteiger partial charge in [0.2, 0.25) is 5.95 Å². The number of Topliss-reactive ketones (excluding diaryl/α,β-unsaturated/α-hetero) is 1. The van der Waals surface area contributed by atoms with E-state index in [1.165, 1.54) is 6.33 Å². The van der Waals surface area contributed by atoms with Crippen molar-refractivity contribution < 1.29 is 14.3 Å². The van der Waals surface area contributed by atoms with E-state index in [4.69, 9.17) is 4.74 Å². The minimum absolute atomic E-state index is 0.000688. The van der Waals surface area contributed by atoms with Crippen LogP contribution in [0.1, 0.15) is 39.3 Å². The number of rotatable bonds is 7. The third-order valence-corrected chi connectivity index (χ3v) is 4.85. The monoisotopic (exact) mass is 383 g/mol. The number of fused-ring (bicyclic) bond motifs is 1. The molecule has 0 saturated heterocycles. The Hall–Kier alpha value is -3.16. The van der Waals surface area contributed by atoms with Gasteiger partial charge in [-0.2, -0.15) is 10.1 Å². The van der Waals surface area contributed by atoms with Gasteiger partial charge in [-0.05, 0) is 45.4 Å². The first-order valence-corrected chi connectivity index (χ1v) is 9.35. The summed E-state index contributed by atoms with van der Waals surface area (Å²) in [6.45, 7) is 8.61. The summed E-state index contributed by atoms with van der Waals surface area (Å²) < 4.78 is 7.33. The molecule has 8 heteroatoms. The van der Waals surface area contributed by atoms with Crippen LogP contribution in [-0.2, 0) is 9.59 Å². The summed E-state index contributed by atoms with van der Waals surface area (Å²) in [7, 11) is 0. The van der Waals surface area contributed by atoms with E-state index in [9.17, 15) is 9.59 Å². The second-order valence-corrected chi connectivity index (χ2v) is 6.57. The molecule has 1 amide bonds. The van der Waals surface area contributed by atoms with E-state index in [1.54, 1.807) is 28.6 Å². The van der Waals surface area contributed by atoms with Crippen LogP contribution in [0.5, 0.6) is 5.75 Å². The average molecular weight is 383 g/mol. The van der Waals surface area contributed by atoms with Crippen molar-refractivity contribution in [3.8, 4) is 5.75 Å². The first-order valence-electron chi connectivity index (χ1n) is 9.35. The number of benzene rings is 1. The zero-order valence-electron chi connectivity index (χ0n) is 16.6. The number of likely N-dealkylation sites (N-methyl/N-ethyl adjacent to an activating group) is 1. The van der Waals surface area contributed by atoms with Crippen molar-refractivity contribution in [2.45, 2.75) is 33.7 Å². The molecule has 1 aromatic heterocycles. The highest BCUT2D eigenvalue weighted by Crippen LogP contribution is 2.35. The second kappa shape index (κ2) is 8.24. The standard InChI is InChI=1S/C20H25N5O3/c1-5-24(6-2)17(27)11-28-16-9-7-15(8-10-16)19-18(14(4)26)13(3)23-20-21-12-22-25(19)20/h7-10,12,19H,5-6,11H2,1-4H3,(H,21,22,23). The fraction of sp³-hybridized carbons (Fsp3) is 0.400. The largest absolute Gasteiger partial charge is 0.484 e. The fourth-order valence-electron chi connectivity index (χ4n) is 3.41. The maximum absolute atomic E-state index is 12.3. The van der Waals surface area contributed by atoms with Crippen LogP contribution in [0.2, 0.25) is 0 Å². The Morgan fingerprint density at radius 3 is 2.50 bits per heavy atom. The zero-order chi connectivity index (χ0) is 20.3. The molecule has 1 N–H and O–H groups in total. The lowest BCUT2D eigenvalue weighted by atomic mass is 9.93. The molecule has 8 nitrogen and oxygen atoms in total. The Morgan fingerprint density at radius 2 is 1.89 bits per heavy atom. The molecule has 1 aliphatic rings. The van der Waals surface area contributed by atoms with Gasteiger partial charge in [0.05, 0.1) is 0 Å². The van der Waals surface area contributed by atoms with Crippen molar-refractivity contribution in [2.24, 2.45) is 0 Å². The molecule has 148 valence electrons. The third kappa shape index (κ3) is 3.76. The van der Waals surface area contributed by atoms with Crippen molar-refractivity contribution in [3.05, 3.63) is 47.4 Å². The molecule has 1 aliphatic heterocycles. The second-order valence-electron chi connectivity index (χ2n) is 6.57. The minimum Gasteiger partial charge on any atom is -0.484 e. The number of carbonyl (C=O) groups is 2. The quantitative estimate of drug-likeness (QED) is 0.790. The predicted molar refractivity (Wildman–Crippen MR) is 105 cm³/mol. The first kappa shape index (κ1) is 19.6. The van der Waals surface area contributed by atoms with Crippen LogP contribution in [0, 0.1) is 0 Å². The molecule has 2 aromatic rings. The van der Waals surface area contributed by atoms with Gasteiger partial charge in [-0.15, -0.1) is 0 Å². The molecular formula is C20H25N5O3. The number of amides is 1. The highest BCUT2D eigenvalue weighted by Gasteiger charge is 2.31. The molecule has 1 atom stereocenters. The van der Waals surface area contributed by atoms with Crippen LogP contribution in [0.25, 0.3) is 0 Å². The summed E-state index contributed by atoms with van der Waals surface area (Å²) in [6, 6.07) is 7.01. The third-order valence-electron chi connectivity index (χ3n) is 4.85. The van der Waals surface area contributed by atoms with Crippen molar-refractivity contribution in [1.82, 2.24) is 19.7 Å². The topological polar surface area (TPSA) is 89.3 Å². The van der Waals surface area contributed by atoms with Gasteiger partial charge in [0.1, 0.15) is 18.1 Å². The van der Waals surface area contributed by atoms with Crippen LogP contribution in [0.4, 0.5) is 5.95 Å². The molecule has 28 heavy (non-hydrogen) atoms.